The topological polar surface area (TPSA) is 45.7 Å². The van der Waals surface area contributed by atoms with Crippen molar-refractivity contribution in [2.75, 3.05) is 13.2 Å². The highest BCUT2D eigenvalue weighted by molar-refractivity contribution is 5.80. The molecule has 0 radical (unpaired) electrons. The molecule has 4 nitrogen and oxygen atoms in total. The Morgan fingerprint density at radius 2 is 1.91 bits per heavy atom. The van der Waals surface area contributed by atoms with E-state index >= 15 is 0 Å². The number of hydrogen-bond acceptors (Lipinski definition) is 2. The minimum atomic E-state index is 0.361. The average Bonchev–Trinajstić information content (AvgIpc) is 3.19. The van der Waals surface area contributed by atoms with Crippen molar-refractivity contribution in [3.8, 4) is 0 Å². The lowest BCUT2D eigenvalue weighted by Crippen LogP contribution is -2.65. The molecule has 0 amide bonds. The van der Waals surface area contributed by atoms with Gasteiger partial charge in [0.25, 0.3) is 0 Å². The van der Waals surface area contributed by atoms with Gasteiger partial charge in [-0.05, 0) is 46.0 Å². The van der Waals surface area contributed by atoms with E-state index in [1.165, 1.54) is 25.7 Å². The van der Waals surface area contributed by atoms with E-state index in [-0.39, 0.29) is 0 Å². The fourth-order valence-corrected chi connectivity index (χ4v) is 4.47. The summed E-state index contributed by atoms with van der Waals surface area (Å²) in [6.07, 6.45) is 13.6. The molecule has 0 heterocycles. The molecular formula is C18H31N3O. The van der Waals surface area contributed by atoms with Crippen LogP contribution in [0.25, 0.3) is 0 Å². The Morgan fingerprint density at radius 3 is 2.55 bits per heavy atom. The van der Waals surface area contributed by atoms with Gasteiger partial charge in [0, 0.05) is 30.7 Å². The van der Waals surface area contributed by atoms with Crippen LogP contribution in [0.1, 0.15) is 58.8 Å². The molecule has 0 aliphatic heterocycles. The highest BCUT2D eigenvalue weighted by Gasteiger charge is 2.57. The van der Waals surface area contributed by atoms with Crippen molar-refractivity contribution in [2.45, 2.75) is 77.0 Å². The minimum Gasteiger partial charge on any atom is -0.378 e. The predicted molar refractivity (Wildman–Crippen MR) is 91.1 cm³/mol. The summed E-state index contributed by atoms with van der Waals surface area (Å²) in [5.74, 6) is 1.00. The highest BCUT2D eigenvalue weighted by Crippen LogP contribution is 2.54. The van der Waals surface area contributed by atoms with Crippen LogP contribution in [0.15, 0.2) is 17.1 Å². The Balaban J connectivity index is 1.61. The molecule has 0 aromatic heterocycles. The quantitative estimate of drug-likeness (QED) is 0.466. The number of aliphatic imine (C=N–C) groups is 1. The van der Waals surface area contributed by atoms with Gasteiger partial charge in [0.2, 0.25) is 0 Å². The van der Waals surface area contributed by atoms with E-state index in [0.717, 1.165) is 38.4 Å². The molecule has 4 heteroatoms. The lowest BCUT2D eigenvalue weighted by molar-refractivity contribution is -0.125. The van der Waals surface area contributed by atoms with E-state index in [1.54, 1.807) is 0 Å². The largest absolute Gasteiger partial charge is 0.378 e. The molecule has 2 unspecified atom stereocenters. The molecule has 0 bridgehead atoms. The van der Waals surface area contributed by atoms with Gasteiger partial charge in [0.05, 0.1) is 6.10 Å². The second-order valence-electron chi connectivity index (χ2n) is 6.92. The summed E-state index contributed by atoms with van der Waals surface area (Å²) in [4.78, 5) is 4.66. The molecule has 3 aliphatic carbocycles. The Bertz CT molecular complexity index is 418. The zero-order valence-electron chi connectivity index (χ0n) is 14.1. The van der Waals surface area contributed by atoms with Gasteiger partial charge in [-0.1, -0.05) is 25.0 Å². The monoisotopic (exact) mass is 305 g/mol. The van der Waals surface area contributed by atoms with Crippen molar-refractivity contribution in [3.63, 3.8) is 0 Å². The maximum Gasteiger partial charge on any atom is 0.191 e. The van der Waals surface area contributed by atoms with E-state index in [1.807, 2.05) is 0 Å². The Kier molecular flexibility index (Phi) is 5.07. The molecule has 2 N–H and O–H groups in total. The van der Waals surface area contributed by atoms with Gasteiger partial charge in [-0.2, -0.15) is 0 Å². The fourth-order valence-electron chi connectivity index (χ4n) is 4.47. The van der Waals surface area contributed by atoms with Crippen LogP contribution >= 0.6 is 0 Å². The summed E-state index contributed by atoms with van der Waals surface area (Å²) in [6, 6.07) is 1.04. The minimum absolute atomic E-state index is 0.361. The maximum absolute atomic E-state index is 6.01. The molecular weight excluding hydrogens is 274 g/mol. The van der Waals surface area contributed by atoms with Crippen molar-refractivity contribution in [1.29, 1.82) is 0 Å². The Hall–Kier alpha value is -1.03. The van der Waals surface area contributed by atoms with Crippen LogP contribution in [0.5, 0.6) is 0 Å². The van der Waals surface area contributed by atoms with E-state index in [0.29, 0.717) is 23.6 Å². The summed E-state index contributed by atoms with van der Waals surface area (Å²) in [5, 5.41) is 7.34. The molecule has 0 aromatic carbocycles. The fraction of sp³-hybridized carbons (Fsp3) is 0.833. The van der Waals surface area contributed by atoms with Gasteiger partial charge in [0.15, 0.2) is 5.96 Å². The van der Waals surface area contributed by atoms with Crippen molar-refractivity contribution in [1.82, 2.24) is 10.6 Å². The van der Waals surface area contributed by atoms with Gasteiger partial charge in [-0.15, -0.1) is 0 Å². The SMILES string of the molecule is CCN=C(NC1CC=CC1)NC1CC(OCC)C12CCCC2. The molecule has 2 atom stereocenters. The first-order valence-corrected chi connectivity index (χ1v) is 9.12. The van der Waals surface area contributed by atoms with Crippen molar-refractivity contribution < 1.29 is 4.74 Å². The summed E-state index contributed by atoms with van der Waals surface area (Å²) in [6.45, 7) is 5.87. The third-order valence-corrected chi connectivity index (χ3v) is 5.66. The van der Waals surface area contributed by atoms with Crippen LogP contribution < -0.4 is 10.6 Å². The first kappa shape index (κ1) is 15.9. The van der Waals surface area contributed by atoms with Gasteiger partial charge >= 0.3 is 0 Å². The van der Waals surface area contributed by atoms with Crippen LogP contribution in [0.4, 0.5) is 0 Å². The summed E-state index contributed by atoms with van der Waals surface area (Å²) < 4.78 is 6.01. The second kappa shape index (κ2) is 7.03. The van der Waals surface area contributed by atoms with Crippen LogP contribution in [0, 0.1) is 5.41 Å². The molecule has 0 aromatic rings. The van der Waals surface area contributed by atoms with E-state index in [2.05, 4.69) is 41.6 Å². The molecule has 1 spiro atoms. The van der Waals surface area contributed by atoms with Gasteiger partial charge < -0.3 is 15.4 Å². The molecule has 22 heavy (non-hydrogen) atoms. The number of rotatable bonds is 5. The zero-order chi connectivity index (χ0) is 15.4. The van der Waals surface area contributed by atoms with E-state index in [9.17, 15) is 0 Å². The van der Waals surface area contributed by atoms with E-state index in [4.69, 9.17) is 4.74 Å². The Morgan fingerprint density at radius 1 is 1.18 bits per heavy atom. The number of nitrogens with one attached hydrogen (secondary N) is 2. The first-order chi connectivity index (χ1) is 10.8. The van der Waals surface area contributed by atoms with E-state index < -0.39 is 0 Å². The number of hydrogen-bond donors (Lipinski definition) is 2. The van der Waals surface area contributed by atoms with Gasteiger partial charge in [0.1, 0.15) is 0 Å². The van der Waals surface area contributed by atoms with Gasteiger partial charge in [-0.25, -0.2) is 0 Å². The van der Waals surface area contributed by atoms with Crippen LogP contribution in [-0.4, -0.2) is 37.3 Å². The van der Waals surface area contributed by atoms with Crippen LogP contribution in [0.3, 0.4) is 0 Å². The molecule has 0 saturated heterocycles. The predicted octanol–water partition coefficient (Wildman–Crippen LogP) is 3.00. The lowest BCUT2D eigenvalue weighted by Gasteiger charge is -2.54. The summed E-state index contributed by atoms with van der Waals surface area (Å²) in [5.41, 5.74) is 0.361. The normalized spacial score (nSPS) is 30.7. The number of guanidine groups is 1. The maximum atomic E-state index is 6.01. The standard InChI is InChI=1S/C18H31N3O/c1-3-19-17(20-14-9-5-6-10-14)21-15-13-16(22-4-2)18(15)11-7-8-12-18/h5-6,14-16H,3-4,7-13H2,1-2H3,(H2,19,20,21). The number of ether oxygens (including phenoxy) is 1. The first-order valence-electron chi connectivity index (χ1n) is 9.12. The molecule has 3 aliphatic rings. The van der Waals surface area contributed by atoms with Gasteiger partial charge in [-0.3, -0.25) is 4.99 Å². The third-order valence-electron chi connectivity index (χ3n) is 5.66. The van der Waals surface area contributed by atoms with Crippen LogP contribution in [-0.2, 0) is 4.74 Å². The zero-order valence-corrected chi connectivity index (χ0v) is 14.1. The van der Waals surface area contributed by atoms with Crippen molar-refractivity contribution >= 4 is 5.96 Å². The number of nitrogens with zero attached hydrogens (tertiary/aromatic N) is 1. The summed E-state index contributed by atoms with van der Waals surface area (Å²) in [7, 11) is 0. The average molecular weight is 305 g/mol. The van der Waals surface area contributed by atoms with Crippen LogP contribution in [0.2, 0.25) is 0 Å². The molecule has 2 saturated carbocycles. The van der Waals surface area contributed by atoms with Crippen molar-refractivity contribution in [2.24, 2.45) is 10.4 Å². The molecule has 2 fully saturated rings. The summed E-state index contributed by atoms with van der Waals surface area (Å²) >= 11 is 0. The highest BCUT2D eigenvalue weighted by atomic mass is 16.5. The smallest absolute Gasteiger partial charge is 0.191 e. The Labute approximate surface area is 134 Å². The van der Waals surface area contributed by atoms with Crippen molar-refractivity contribution in [3.05, 3.63) is 12.2 Å². The second-order valence-corrected chi connectivity index (χ2v) is 6.92. The lowest BCUT2D eigenvalue weighted by atomic mass is 9.60. The third kappa shape index (κ3) is 3.03. The molecule has 124 valence electrons. The molecule has 3 rings (SSSR count).